The number of fused-ring (bicyclic) bond motifs is 2. The molecule has 0 radical (unpaired) electrons. The van der Waals surface area contributed by atoms with Gasteiger partial charge in [-0.3, -0.25) is 0 Å². The lowest BCUT2D eigenvalue weighted by Gasteiger charge is -2.07. The lowest BCUT2D eigenvalue weighted by atomic mass is 10.0. The van der Waals surface area contributed by atoms with Gasteiger partial charge in [-0.25, -0.2) is 9.97 Å². The van der Waals surface area contributed by atoms with Gasteiger partial charge in [0.15, 0.2) is 5.88 Å². The zero-order valence-electron chi connectivity index (χ0n) is 13.9. The minimum atomic E-state index is 0.269. The van der Waals surface area contributed by atoms with Gasteiger partial charge >= 0.3 is 0 Å². The van der Waals surface area contributed by atoms with Gasteiger partial charge in [-0.1, -0.05) is 6.07 Å². The molecule has 0 aliphatic rings. The predicted molar refractivity (Wildman–Crippen MR) is 96.7 cm³/mol. The summed E-state index contributed by atoms with van der Waals surface area (Å²) in [7, 11) is 0. The van der Waals surface area contributed by atoms with Crippen molar-refractivity contribution in [2.45, 2.75) is 26.8 Å². The van der Waals surface area contributed by atoms with Gasteiger partial charge < -0.3 is 20.5 Å². The van der Waals surface area contributed by atoms with Crippen LogP contribution in [-0.2, 0) is 0 Å². The van der Waals surface area contributed by atoms with Crippen LogP contribution in [0.4, 0.5) is 11.7 Å². The summed E-state index contributed by atoms with van der Waals surface area (Å²) in [5.74, 6) is 0.938. The normalized spacial score (nSPS) is 11.8. The molecule has 0 saturated carbocycles. The summed E-state index contributed by atoms with van der Waals surface area (Å²) in [5.41, 5.74) is 16.7. The van der Waals surface area contributed by atoms with Gasteiger partial charge in [0.1, 0.15) is 23.4 Å². The van der Waals surface area contributed by atoms with Crippen LogP contribution < -0.4 is 11.5 Å². The van der Waals surface area contributed by atoms with Crippen molar-refractivity contribution in [1.82, 2.24) is 14.5 Å². The highest BCUT2D eigenvalue weighted by Gasteiger charge is 2.17. The Morgan fingerprint density at radius 2 is 1.96 bits per heavy atom. The molecule has 0 aliphatic heterocycles. The molecular weight excluding hydrogens is 302 g/mol. The Morgan fingerprint density at radius 1 is 1.17 bits per heavy atom. The van der Waals surface area contributed by atoms with E-state index in [0.717, 1.165) is 38.7 Å². The SMILES string of the molecule is Cc1c(N)oc2ccc(-c3cn(C(C)C)c4ncnc(N)c34)cc12. The van der Waals surface area contributed by atoms with Crippen LogP contribution in [0.25, 0.3) is 33.1 Å². The Bertz CT molecular complexity index is 1070. The average Bonchev–Trinajstić information content (AvgIpc) is 3.07. The molecule has 1 aromatic carbocycles. The molecule has 3 heterocycles. The molecule has 6 nitrogen and oxygen atoms in total. The van der Waals surface area contributed by atoms with Gasteiger partial charge in [-0.05, 0) is 38.5 Å². The van der Waals surface area contributed by atoms with Crippen LogP contribution in [-0.4, -0.2) is 14.5 Å². The first kappa shape index (κ1) is 14.6. The van der Waals surface area contributed by atoms with E-state index in [1.807, 2.05) is 19.1 Å². The molecule has 0 amide bonds. The zero-order valence-corrected chi connectivity index (χ0v) is 13.9. The monoisotopic (exact) mass is 321 g/mol. The first-order valence-electron chi connectivity index (χ1n) is 7.87. The fourth-order valence-corrected chi connectivity index (χ4v) is 3.13. The standard InChI is InChI=1S/C18H19N5O/c1-9(2)23-7-13(15-16(19)21-8-22-18(15)23)11-4-5-14-12(6-11)10(3)17(20)24-14/h4-9H,20H2,1-3H3,(H2,19,21,22). The topological polar surface area (TPSA) is 95.9 Å². The minimum Gasteiger partial charge on any atom is -0.441 e. The number of hydrogen-bond donors (Lipinski definition) is 2. The van der Waals surface area contributed by atoms with Crippen molar-refractivity contribution in [2.75, 3.05) is 11.5 Å². The van der Waals surface area contributed by atoms with E-state index in [1.54, 1.807) is 0 Å². The third kappa shape index (κ3) is 1.96. The second-order valence-corrected chi connectivity index (χ2v) is 6.30. The van der Waals surface area contributed by atoms with Crippen LogP contribution in [0.15, 0.2) is 35.1 Å². The van der Waals surface area contributed by atoms with Gasteiger partial charge in [-0.2, -0.15) is 0 Å². The Hall–Kier alpha value is -3.02. The molecular formula is C18H19N5O. The van der Waals surface area contributed by atoms with E-state index in [-0.39, 0.29) is 6.04 Å². The van der Waals surface area contributed by atoms with E-state index in [0.29, 0.717) is 11.7 Å². The van der Waals surface area contributed by atoms with Gasteiger partial charge in [0, 0.05) is 28.8 Å². The molecule has 122 valence electrons. The van der Waals surface area contributed by atoms with Crippen LogP contribution in [0.5, 0.6) is 0 Å². The maximum absolute atomic E-state index is 6.15. The molecule has 0 atom stereocenters. The van der Waals surface area contributed by atoms with Crippen LogP contribution >= 0.6 is 0 Å². The maximum Gasteiger partial charge on any atom is 0.194 e. The molecule has 0 fully saturated rings. The van der Waals surface area contributed by atoms with E-state index in [9.17, 15) is 0 Å². The number of furan rings is 1. The summed E-state index contributed by atoms with van der Waals surface area (Å²) in [6, 6.07) is 6.30. The second kappa shape index (κ2) is 4.99. The summed E-state index contributed by atoms with van der Waals surface area (Å²) in [5, 5.41) is 1.88. The Labute approximate surface area is 139 Å². The van der Waals surface area contributed by atoms with Crippen molar-refractivity contribution in [3.8, 4) is 11.1 Å². The molecule has 0 saturated heterocycles. The fraction of sp³-hybridized carbons (Fsp3) is 0.222. The molecule has 6 heteroatoms. The quantitative estimate of drug-likeness (QED) is 0.584. The number of nitrogens with zero attached hydrogens (tertiary/aromatic N) is 3. The van der Waals surface area contributed by atoms with E-state index in [2.05, 4.69) is 40.6 Å². The molecule has 0 unspecified atom stereocenters. The highest BCUT2D eigenvalue weighted by atomic mass is 16.3. The summed E-state index contributed by atoms with van der Waals surface area (Å²) in [6.45, 7) is 6.19. The first-order valence-corrected chi connectivity index (χ1v) is 7.87. The number of nitrogens with two attached hydrogens (primary N) is 2. The fourth-order valence-electron chi connectivity index (χ4n) is 3.13. The van der Waals surface area contributed by atoms with Crippen molar-refractivity contribution < 1.29 is 4.42 Å². The van der Waals surface area contributed by atoms with Crippen LogP contribution in [0.2, 0.25) is 0 Å². The second-order valence-electron chi connectivity index (χ2n) is 6.30. The maximum atomic E-state index is 6.15. The predicted octanol–water partition coefficient (Wildman–Crippen LogP) is 3.90. The number of hydrogen-bond acceptors (Lipinski definition) is 5. The van der Waals surface area contributed by atoms with E-state index in [1.165, 1.54) is 6.33 Å². The van der Waals surface area contributed by atoms with Crippen LogP contribution in [0.3, 0.4) is 0 Å². The van der Waals surface area contributed by atoms with Crippen LogP contribution in [0.1, 0.15) is 25.5 Å². The van der Waals surface area contributed by atoms with Gasteiger partial charge in [-0.15, -0.1) is 0 Å². The third-order valence-corrected chi connectivity index (χ3v) is 4.48. The minimum absolute atomic E-state index is 0.269. The summed E-state index contributed by atoms with van der Waals surface area (Å²) >= 11 is 0. The molecule has 0 aliphatic carbocycles. The highest BCUT2D eigenvalue weighted by Crippen LogP contribution is 2.37. The van der Waals surface area contributed by atoms with Crippen molar-refractivity contribution in [1.29, 1.82) is 0 Å². The van der Waals surface area contributed by atoms with Crippen LogP contribution in [0, 0.1) is 6.92 Å². The molecule has 4 N–H and O–H groups in total. The molecule has 24 heavy (non-hydrogen) atoms. The lowest BCUT2D eigenvalue weighted by Crippen LogP contribution is -2.00. The number of nitrogen functional groups attached to an aromatic ring is 2. The van der Waals surface area contributed by atoms with E-state index in [4.69, 9.17) is 15.9 Å². The number of rotatable bonds is 2. The van der Waals surface area contributed by atoms with Crippen molar-refractivity contribution in [3.05, 3.63) is 36.3 Å². The molecule has 3 aromatic heterocycles. The molecule has 0 spiro atoms. The number of anilines is 2. The number of aryl methyl sites for hydroxylation is 1. The van der Waals surface area contributed by atoms with Crippen molar-refractivity contribution >= 4 is 33.7 Å². The van der Waals surface area contributed by atoms with Gasteiger partial charge in [0.25, 0.3) is 0 Å². The third-order valence-electron chi connectivity index (χ3n) is 4.48. The summed E-state index contributed by atoms with van der Waals surface area (Å²) < 4.78 is 7.68. The van der Waals surface area contributed by atoms with E-state index >= 15 is 0 Å². The smallest absolute Gasteiger partial charge is 0.194 e. The van der Waals surface area contributed by atoms with Crippen molar-refractivity contribution in [2.24, 2.45) is 0 Å². The lowest BCUT2D eigenvalue weighted by molar-refractivity contribution is 0.618. The highest BCUT2D eigenvalue weighted by molar-refractivity contribution is 6.02. The molecule has 4 aromatic rings. The summed E-state index contributed by atoms with van der Waals surface area (Å²) in [6.07, 6.45) is 3.59. The summed E-state index contributed by atoms with van der Waals surface area (Å²) in [4.78, 5) is 8.59. The van der Waals surface area contributed by atoms with Gasteiger partial charge in [0.05, 0.1) is 5.39 Å². The van der Waals surface area contributed by atoms with Crippen molar-refractivity contribution in [3.63, 3.8) is 0 Å². The Morgan fingerprint density at radius 3 is 2.71 bits per heavy atom. The zero-order chi connectivity index (χ0) is 17.0. The Kier molecular flexibility index (Phi) is 3.03. The molecule has 4 rings (SSSR count). The largest absolute Gasteiger partial charge is 0.441 e. The number of benzene rings is 1. The number of aromatic nitrogens is 3. The van der Waals surface area contributed by atoms with E-state index < -0.39 is 0 Å². The Balaban J connectivity index is 2.04. The molecule has 0 bridgehead atoms. The van der Waals surface area contributed by atoms with Gasteiger partial charge in [0.2, 0.25) is 0 Å². The first-order chi connectivity index (χ1) is 11.5. The average molecular weight is 321 g/mol.